The average Bonchev–Trinajstić information content (AvgIpc) is 3.08. The lowest BCUT2D eigenvalue weighted by atomic mass is 10.0. The van der Waals surface area contributed by atoms with Gasteiger partial charge in [-0.25, -0.2) is 0 Å². The van der Waals surface area contributed by atoms with Crippen LogP contribution in [0.25, 0.3) is 11.1 Å². The van der Waals surface area contributed by atoms with Gasteiger partial charge >= 0.3 is 0 Å². The monoisotopic (exact) mass is 369 g/mol. The SMILES string of the molecule is CC(C)CSc1nnc(NC(=O)c2ccc(-c3ccccc3)cc2)s1. The van der Waals surface area contributed by atoms with Crippen molar-refractivity contribution in [2.75, 3.05) is 11.1 Å². The van der Waals surface area contributed by atoms with E-state index in [0.717, 1.165) is 21.2 Å². The van der Waals surface area contributed by atoms with E-state index in [9.17, 15) is 4.79 Å². The van der Waals surface area contributed by atoms with Crippen LogP contribution >= 0.6 is 23.1 Å². The summed E-state index contributed by atoms with van der Waals surface area (Å²) in [5.74, 6) is 1.41. The average molecular weight is 370 g/mol. The van der Waals surface area contributed by atoms with Gasteiger partial charge in [0.1, 0.15) is 0 Å². The van der Waals surface area contributed by atoms with Crippen molar-refractivity contribution >= 4 is 34.1 Å². The fraction of sp³-hybridized carbons (Fsp3) is 0.211. The fourth-order valence-corrected chi connectivity index (χ4v) is 3.89. The van der Waals surface area contributed by atoms with Crippen LogP contribution in [0, 0.1) is 5.92 Å². The zero-order valence-electron chi connectivity index (χ0n) is 14.1. The Balaban J connectivity index is 1.63. The van der Waals surface area contributed by atoms with Gasteiger partial charge in [0.15, 0.2) is 4.34 Å². The number of nitrogens with one attached hydrogen (secondary N) is 1. The van der Waals surface area contributed by atoms with Crippen molar-refractivity contribution in [1.29, 1.82) is 0 Å². The molecule has 1 amide bonds. The second-order valence-corrected chi connectivity index (χ2v) is 8.22. The van der Waals surface area contributed by atoms with Crippen LogP contribution in [0.5, 0.6) is 0 Å². The quantitative estimate of drug-likeness (QED) is 0.479. The van der Waals surface area contributed by atoms with E-state index < -0.39 is 0 Å². The van der Waals surface area contributed by atoms with Crippen molar-refractivity contribution in [3.05, 3.63) is 60.2 Å². The van der Waals surface area contributed by atoms with Gasteiger partial charge in [-0.2, -0.15) is 0 Å². The first-order valence-electron chi connectivity index (χ1n) is 8.05. The largest absolute Gasteiger partial charge is 0.296 e. The molecule has 2 aromatic carbocycles. The Kier molecular flexibility index (Phi) is 5.83. The third-order valence-electron chi connectivity index (χ3n) is 3.42. The highest BCUT2D eigenvalue weighted by Gasteiger charge is 2.11. The number of hydrogen-bond donors (Lipinski definition) is 1. The van der Waals surface area contributed by atoms with Gasteiger partial charge < -0.3 is 0 Å². The number of nitrogens with zero attached hydrogens (tertiary/aromatic N) is 2. The second kappa shape index (κ2) is 8.27. The van der Waals surface area contributed by atoms with E-state index in [0.29, 0.717) is 16.6 Å². The number of benzene rings is 2. The lowest BCUT2D eigenvalue weighted by Crippen LogP contribution is -2.11. The zero-order valence-corrected chi connectivity index (χ0v) is 15.7. The minimum absolute atomic E-state index is 0.170. The lowest BCUT2D eigenvalue weighted by molar-refractivity contribution is 0.102. The number of carbonyl (C=O) groups excluding carboxylic acids is 1. The van der Waals surface area contributed by atoms with Gasteiger partial charge in [0.2, 0.25) is 5.13 Å². The molecule has 25 heavy (non-hydrogen) atoms. The summed E-state index contributed by atoms with van der Waals surface area (Å²) in [6.07, 6.45) is 0. The Hall–Kier alpha value is -2.18. The smallest absolute Gasteiger partial charge is 0.257 e. The molecule has 0 unspecified atom stereocenters. The van der Waals surface area contributed by atoms with Gasteiger partial charge in [-0.3, -0.25) is 10.1 Å². The summed E-state index contributed by atoms with van der Waals surface area (Å²) < 4.78 is 0.878. The number of amides is 1. The van der Waals surface area contributed by atoms with Crippen molar-refractivity contribution in [2.45, 2.75) is 18.2 Å². The molecule has 0 aliphatic heterocycles. The molecule has 3 rings (SSSR count). The van der Waals surface area contributed by atoms with Crippen LogP contribution in [0.3, 0.4) is 0 Å². The van der Waals surface area contributed by atoms with Gasteiger partial charge in [0, 0.05) is 11.3 Å². The minimum Gasteiger partial charge on any atom is -0.296 e. The normalized spacial score (nSPS) is 10.8. The standard InChI is InChI=1S/C19H19N3OS2/c1-13(2)12-24-19-22-21-18(25-19)20-17(23)16-10-8-15(9-11-16)14-6-4-3-5-7-14/h3-11,13H,12H2,1-2H3,(H,20,21,23). The van der Waals surface area contributed by atoms with E-state index in [1.807, 2.05) is 54.6 Å². The predicted octanol–water partition coefficient (Wildman–Crippen LogP) is 5.21. The molecule has 0 atom stereocenters. The van der Waals surface area contributed by atoms with Crippen LogP contribution in [0.1, 0.15) is 24.2 Å². The third kappa shape index (κ3) is 4.90. The molecule has 1 aromatic heterocycles. The molecule has 4 nitrogen and oxygen atoms in total. The van der Waals surface area contributed by atoms with Gasteiger partial charge in [0.25, 0.3) is 5.91 Å². The summed E-state index contributed by atoms with van der Waals surface area (Å²) in [6.45, 7) is 4.33. The molecule has 1 heterocycles. The molecular formula is C19H19N3OS2. The molecule has 3 aromatic rings. The highest BCUT2D eigenvalue weighted by Crippen LogP contribution is 2.27. The molecular weight excluding hydrogens is 350 g/mol. The Labute approximate surface area is 155 Å². The molecule has 128 valence electrons. The third-order valence-corrected chi connectivity index (χ3v) is 5.82. The molecule has 0 radical (unpaired) electrons. The summed E-state index contributed by atoms with van der Waals surface area (Å²) in [6, 6.07) is 17.6. The number of anilines is 1. The van der Waals surface area contributed by atoms with Crippen LogP contribution in [0.15, 0.2) is 58.9 Å². The van der Waals surface area contributed by atoms with E-state index in [1.165, 1.54) is 11.3 Å². The number of aromatic nitrogens is 2. The molecule has 0 saturated carbocycles. The molecule has 6 heteroatoms. The van der Waals surface area contributed by atoms with Crippen LogP contribution in [0.2, 0.25) is 0 Å². The summed E-state index contributed by atoms with van der Waals surface area (Å²) in [4.78, 5) is 12.4. The second-order valence-electron chi connectivity index (χ2n) is 5.98. The molecule has 0 aliphatic rings. The van der Waals surface area contributed by atoms with E-state index in [1.54, 1.807) is 11.8 Å². The summed E-state index contributed by atoms with van der Waals surface area (Å²) in [5, 5.41) is 11.5. The maximum Gasteiger partial charge on any atom is 0.257 e. The maximum absolute atomic E-state index is 12.4. The predicted molar refractivity (Wildman–Crippen MR) is 105 cm³/mol. The summed E-state index contributed by atoms with van der Waals surface area (Å²) in [7, 11) is 0. The van der Waals surface area contributed by atoms with Crippen molar-refractivity contribution in [1.82, 2.24) is 10.2 Å². The Morgan fingerprint density at radius 3 is 2.40 bits per heavy atom. The molecule has 0 spiro atoms. The van der Waals surface area contributed by atoms with Gasteiger partial charge in [-0.05, 0) is 29.2 Å². The molecule has 0 fully saturated rings. The maximum atomic E-state index is 12.4. The number of rotatable bonds is 6. The first-order chi connectivity index (χ1) is 12.1. The van der Waals surface area contributed by atoms with E-state index >= 15 is 0 Å². The highest BCUT2D eigenvalue weighted by molar-refractivity contribution is 8.01. The van der Waals surface area contributed by atoms with Gasteiger partial charge in [-0.15, -0.1) is 10.2 Å². The Morgan fingerprint density at radius 1 is 1.04 bits per heavy atom. The van der Waals surface area contributed by atoms with E-state index in [4.69, 9.17) is 0 Å². The minimum atomic E-state index is -0.170. The van der Waals surface area contributed by atoms with Crippen molar-refractivity contribution < 1.29 is 4.79 Å². The molecule has 0 bridgehead atoms. The zero-order chi connectivity index (χ0) is 17.6. The van der Waals surface area contributed by atoms with E-state index in [-0.39, 0.29) is 5.91 Å². The lowest BCUT2D eigenvalue weighted by Gasteiger charge is -2.04. The Bertz CT molecular complexity index is 829. The summed E-state index contributed by atoms with van der Waals surface area (Å²) in [5.41, 5.74) is 2.82. The number of hydrogen-bond acceptors (Lipinski definition) is 5. The highest BCUT2D eigenvalue weighted by atomic mass is 32.2. The van der Waals surface area contributed by atoms with Crippen LogP contribution < -0.4 is 5.32 Å². The number of thioether (sulfide) groups is 1. The molecule has 0 aliphatic carbocycles. The van der Waals surface area contributed by atoms with Crippen LogP contribution in [-0.4, -0.2) is 21.9 Å². The summed E-state index contributed by atoms with van der Waals surface area (Å²) >= 11 is 3.07. The van der Waals surface area contributed by atoms with Crippen LogP contribution in [0.4, 0.5) is 5.13 Å². The first-order valence-corrected chi connectivity index (χ1v) is 9.85. The first kappa shape index (κ1) is 17.6. The molecule has 1 N–H and O–H groups in total. The van der Waals surface area contributed by atoms with Crippen molar-refractivity contribution in [2.24, 2.45) is 5.92 Å². The fourth-order valence-electron chi connectivity index (χ4n) is 2.17. The van der Waals surface area contributed by atoms with Gasteiger partial charge in [0.05, 0.1) is 0 Å². The topological polar surface area (TPSA) is 54.9 Å². The van der Waals surface area contributed by atoms with Crippen LogP contribution in [-0.2, 0) is 0 Å². The Morgan fingerprint density at radius 2 is 1.72 bits per heavy atom. The number of carbonyl (C=O) groups is 1. The van der Waals surface area contributed by atoms with Gasteiger partial charge in [-0.1, -0.05) is 79.4 Å². The van der Waals surface area contributed by atoms with E-state index in [2.05, 4.69) is 29.4 Å². The van der Waals surface area contributed by atoms with Crippen molar-refractivity contribution in [3.8, 4) is 11.1 Å². The molecule has 0 saturated heterocycles. The van der Waals surface area contributed by atoms with Crippen molar-refractivity contribution in [3.63, 3.8) is 0 Å².